The molecule has 2 aromatic heterocycles. The lowest BCUT2D eigenvalue weighted by Gasteiger charge is -2.07. The van der Waals surface area contributed by atoms with Crippen LogP contribution >= 0.6 is 22.7 Å². The molecule has 0 saturated heterocycles. The number of thiophene rings is 2. The first-order valence-electron chi connectivity index (χ1n) is 7.45. The smallest absolute Gasteiger partial charge is 0.257 e. The Bertz CT molecular complexity index is 960. The molecule has 5 heteroatoms. The van der Waals surface area contributed by atoms with E-state index in [-0.39, 0.29) is 5.91 Å². The molecule has 3 aromatic rings. The number of nitriles is 1. The maximum Gasteiger partial charge on any atom is 0.257 e. The average molecular weight is 352 g/mol. The Labute approximate surface area is 149 Å². The van der Waals surface area contributed by atoms with Crippen LogP contribution in [0.4, 0.5) is 5.00 Å². The number of hydrogen-bond donors (Lipinski definition) is 1. The minimum absolute atomic E-state index is 0.176. The molecule has 0 radical (unpaired) electrons. The minimum Gasteiger partial charge on any atom is -0.312 e. The molecule has 1 amide bonds. The van der Waals surface area contributed by atoms with Crippen molar-refractivity contribution >= 4 is 33.6 Å². The van der Waals surface area contributed by atoms with Gasteiger partial charge >= 0.3 is 0 Å². The van der Waals surface area contributed by atoms with Gasteiger partial charge in [0, 0.05) is 21.2 Å². The van der Waals surface area contributed by atoms with Gasteiger partial charge in [0.05, 0.1) is 11.1 Å². The highest BCUT2D eigenvalue weighted by atomic mass is 32.1. The predicted octanol–water partition coefficient (Wildman–Crippen LogP) is 5.53. The maximum absolute atomic E-state index is 12.4. The number of aryl methyl sites for hydroxylation is 3. The minimum atomic E-state index is -0.176. The van der Waals surface area contributed by atoms with Gasteiger partial charge in [-0.3, -0.25) is 4.79 Å². The molecule has 0 aliphatic heterocycles. The van der Waals surface area contributed by atoms with Crippen molar-refractivity contribution in [2.45, 2.75) is 20.8 Å². The van der Waals surface area contributed by atoms with E-state index in [2.05, 4.69) is 29.6 Å². The lowest BCUT2D eigenvalue weighted by atomic mass is 9.98. The highest BCUT2D eigenvalue weighted by Gasteiger charge is 2.17. The second-order valence-electron chi connectivity index (χ2n) is 5.68. The molecule has 3 nitrogen and oxygen atoms in total. The molecule has 1 aromatic carbocycles. The summed E-state index contributed by atoms with van der Waals surface area (Å²) in [4.78, 5) is 13.4. The van der Waals surface area contributed by atoms with E-state index in [1.807, 2.05) is 37.6 Å². The third kappa shape index (κ3) is 3.12. The summed E-state index contributed by atoms with van der Waals surface area (Å²) in [7, 11) is 0. The zero-order valence-electron chi connectivity index (χ0n) is 13.6. The van der Waals surface area contributed by atoms with Crippen molar-refractivity contribution in [3.05, 3.63) is 62.2 Å². The Hall–Kier alpha value is -2.42. The Morgan fingerprint density at radius 2 is 1.88 bits per heavy atom. The van der Waals surface area contributed by atoms with E-state index in [0.717, 1.165) is 27.1 Å². The van der Waals surface area contributed by atoms with E-state index in [0.29, 0.717) is 16.1 Å². The number of amides is 1. The largest absolute Gasteiger partial charge is 0.312 e. The maximum atomic E-state index is 12.4. The van der Waals surface area contributed by atoms with Crippen LogP contribution in [0.2, 0.25) is 0 Å². The number of nitrogens with one attached hydrogen (secondary N) is 1. The molecular formula is C19H16N2OS2. The number of rotatable bonds is 3. The highest BCUT2D eigenvalue weighted by Crippen LogP contribution is 2.37. The lowest BCUT2D eigenvalue weighted by Crippen LogP contribution is -2.10. The summed E-state index contributed by atoms with van der Waals surface area (Å²) in [5.74, 6) is -0.176. The van der Waals surface area contributed by atoms with Crippen LogP contribution in [0, 0.1) is 32.1 Å². The summed E-state index contributed by atoms with van der Waals surface area (Å²) >= 11 is 2.93. The quantitative estimate of drug-likeness (QED) is 0.674. The van der Waals surface area contributed by atoms with Gasteiger partial charge in [-0.25, -0.2) is 0 Å². The number of hydrogen-bond acceptors (Lipinski definition) is 4. The van der Waals surface area contributed by atoms with E-state index in [9.17, 15) is 10.1 Å². The van der Waals surface area contributed by atoms with E-state index < -0.39 is 0 Å². The molecule has 0 spiro atoms. The Morgan fingerprint density at radius 1 is 1.08 bits per heavy atom. The second kappa shape index (κ2) is 6.60. The number of carbonyl (C=O) groups is 1. The number of anilines is 1. The summed E-state index contributed by atoms with van der Waals surface area (Å²) in [6, 6.07) is 10.3. The van der Waals surface area contributed by atoms with E-state index in [1.54, 1.807) is 0 Å². The van der Waals surface area contributed by atoms with Gasteiger partial charge in [-0.05, 0) is 38.0 Å². The normalized spacial score (nSPS) is 10.4. The molecule has 0 unspecified atom stereocenters. The van der Waals surface area contributed by atoms with Crippen LogP contribution in [0.1, 0.15) is 31.9 Å². The molecule has 1 N–H and O–H groups in total. The molecular weight excluding hydrogens is 336 g/mol. The first kappa shape index (κ1) is 16.4. The summed E-state index contributed by atoms with van der Waals surface area (Å²) in [6.07, 6.45) is 0. The van der Waals surface area contributed by atoms with Crippen molar-refractivity contribution in [1.82, 2.24) is 0 Å². The van der Waals surface area contributed by atoms with Crippen molar-refractivity contribution in [2.24, 2.45) is 0 Å². The third-order valence-corrected chi connectivity index (χ3v) is 5.56. The lowest BCUT2D eigenvalue weighted by molar-refractivity contribution is 0.102. The van der Waals surface area contributed by atoms with Gasteiger partial charge in [0.15, 0.2) is 0 Å². The van der Waals surface area contributed by atoms with Gasteiger partial charge in [-0.1, -0.05) is 23.8 Å². The Balaban J connectivity index is 1.97. The molecule has 0 aliphatic carbocycles. The molecule has 0 bridgehead atoms. The zero-order valence-corrected chi connectivity index (χ0v) is 15.3. The summed E-state index contributed by atoms with van der Waals surface area (Å²) in [5, 5.41) is 16.9. The summed E-state index contributed by atoms with van der Waals surface area (Å²) in [5.41, 5.74) is 5.32. The second-order valence-corrected chi connectivity index (χ2v) is 7.68. The molecule has 24 heavy (non-hydrogen) atoms. The van der Waals surface area contributed by atoms with Gasteiger partial charge in [0.1, 0.15) is 11.1 Å². The van der Waals surface area contributed by atoms with Crippen LogP contribution in [-0.4, -0.2) is 5.91 Å². The molecule has 3 rings (SSSR count). The van der Waals surface area contributed by atoms with Gasteiger partial charge < -0.3 is 5.32 Å². The van der Waals surface area contributed by atoms with Crippen LogP contribution in [0.25, 0.3) is 11.1 Å². The molecule has 0 fully saturated rings. The van der Waals surface area contributed by atoms with Gasteiger partial charge in [0.25, 0.3) is 5.91 Å². The number of benzene rings is 1. The summed E-state index contributed by atoms with van der Waals surface area (Å²) < 4.78 is 0. The average Bonchev–Trinajstić information content (AvgIpc) is 3.16. The first-order valence-corrected chi connectivity index (χ1v) is 9.21. The summed E-state index contributed by atoms with van der Waals surface area (Å²) in [6.45, 7) is 6.02. The van der Waals surface area contributed by atoms with E-state index >= 15 is 0 Å². The first-order chi connectivity index (χ1) is 11.5. The van der Waals surface area contributed by atoms with Gasteiger partial charge in [-0.15, -0.1) is 22.7 Å². The van der Waals surface area contributed by atoms with Crippen LogP contribution in [0.15, 0.2) is 35.0 Å². The van der Waals surface area contributed by atoms with Crippen molar-refractivity contribution in [1.29, 1.82) is 5.26 Å². The molecule has 0 atom stereocenters. The number of nitrogens with zero attached hydrogens (tertiary/aromatic N) is 1. The van der Waals surface area contributed by atoms with Crippen LogP contribution in [0.5, 0.6) is 0 Å². The fourth-order valence-corrected chi connectivity index (χ4v) is 4.11. The van der Waals surface area contributed by atoms with Crippen molar-refractivity contribution in [3.63, 3.8) is 0 Å². The SMILES string of the molecule is Cc1ccc(C)c(-c2csc(NC(=O)c3csc(C)c3)c2C#N)c1. The molecule has 0 aliphatic rings. The zero-order chi connectivity index (χ0) is 17.3. The van der Waals surface area contributed by atoms with Gasteiger partial charge in [0.2, 0.25) is 0 Å². The standard InChI is InChI=1S/C19H16N2OS2/c1-11-4-5-12(2)15(6-11)17-10-24-19(16(17)8-20)21-18(22)14-7-13(3)23-9-14/h4-7,9-10H,1-3H3,(H,21,22). The van der Waals surface area contributed by atoms with Crippen molar-refractivity contribution in [3.8, 4) is 17.2 Å². The molecule has 0 saturated carbocycles. The topological polar surface area (TPSA) is 52.9 Å². The molecule has 2 heterocycles. The van der Waals surface area contributed by atoms with E-state index in [4.69, 9.17) is 0 Å². The molecule has 120 valence electrons. The predicted molar refractivity (Wildman–Crippen MR) is 101 cm³/mol. The third-order valence-electron chi connectivity index (χ3n) is 3.81. The Morgan fingerprint density at radius 3 is 2.54 bits per heavy atom. The van der Waals surface area contributed by atoms with Crippen LogP contribution < -0.4 is 5.32 Å². The van der Waals surface area contributed by atoms with Crippen molar-refractivity contribution in [2.75, 3.05) is 5.32 Å². The van der Waals surface area contributed by atoms with Crippen LogP contribution in [-0.2, 0) is 0 Å². The van der Waals surface area contributed by atoms with Crippen molar-refractivity contribution < 1.29 is 4.79 Å². The fraction of sp³-hybridized carbons (Fsp3) is 0.158. The monoisotopic (exact) mass is 352 g/mol. The highest BCUT2D eigenvalue weighted by molar-refractivity contribution is 7.15. The fourth-order valence-electron chi connectivity index (χ4n) is 2.52. The van der Waals surface area contributed by atoms with Crippen LogP contribution in [0.3, 0.4) is 0 Å². The Kier molecular flexibility index (Phi) is 4.52. The number of carbonyl (C=O) groups excluding carboxylic acids is 1. The van der Waals surface area contributed by atoms with E-state index in [1.165, 1.54) is 22.7 Å². The van der Waals surface area contributed by atoms with Gasteiger partial charge in [-0.2, -0.15) is 5.26 Å².